The molecule has 4 heteroatoms. The van der Waals surface area contributed by atoms with Crippen molar-refractivity contribution < 1.29 is 5.21 Å². The zero-order chi connectivity index (χ0) is 10.8. The van der Waals surface area contributed by atoms with E-state index in [1.165, 1.54) is 17.8 Å². The van der Waals surface area contributed by atoms with Crippen molar-refractivity contribution in [3.05, 3.63) is 23.5 Å². The molecular weight excluding hydrogens is 202 g/mol. The number of pyridine rings is 1. The zero-order valence-electron chi connectivity index (χ0n) is 9.03. The molecule has 2 saturated carbocycles. The summed E-state index contributed by atoms with van der Waals surface area (Å²) < 4.78 is 0. The van der Waals surface area contributed by atoms with Crippen LogP contribution in [-0.2, 0) is 5.54 Å². The van der Waals surface area contributed by atoms with Gasteiger partial charge in [-0.3, -0.25) is 4.98 Å². The van der Waals surface area contributed by atoms with Crippen molar-refractivity contribution in [2.45, 2.75) is 30.7 Å². The number of fused-ring (bicyclic) bond motifs is 3. The second-order valence-electron chi connectivity index (χ2n) is 5.31. The van der Waals surface area contributed by atoms with E-state index in [4.69, 9.17) is 4.98 Å². The molecule has 84 valence electrons. The summed E-state index contributed by atoms with van der Waals surface area (Å²) in [7, 11) is 0. The van der Waals surface area contributed by atoms with Gasteiger partial charge in [0.15, 0.2) is 0 Å². The van der Waals surface area contributed by atoms with Gasteiger partial charge in [0.05, 0.1) is 22.6 Å². The van der Waals surface area contributed by atoms with E-state index in [0.29, 0.717) is 5.92 Å². The quantitative estimate of drug-likeness (QED) is 0.658. The van der Waals surface area contributed by atoms with Crippen molar-refractivity contribution in [1.82, 2.24) is 10.5 Å². The monoisotopic (exact) mass is 217 g/mol. The van der Waals surface area contributed by atoms with Crippen LogP contribution in [0.5, 0.6) is 0 Å². The Morgan fingerprint density at radius 2 is 2.31 bits per heavy atom. The summed E-state index contributed by atoms with van der Waals surface area (Å²) in [5.74, 6) is 1.47. The van der Waals surface area contributed by atoms with Gasteiger partial charge in [0.2, 0.25) is 0 Å². The van der Waals surface area contributed by atoms with Gasteiger partial charge in [0, 0.05) is 12.5 Å². The average Bonchev–Trinajstić information content (AvgIpc) is 3.21. The molecule has 1 aromatic rings. The molecule has 2 unspecified atom stereocenters. The molecular formula is C12H15N3O. The highest BCUT2D eigenvalue weighted by Gasteiger charge is 2.48. The molecule has 0 amide bonds. The highest BCUT2D eigenvalue weighted by molar-refractivity contribution is 5.55. The summed E-state index contributed by atoms with van der Waals surface area (Å²) >= 11 is 0. The molecule has 4 nitrogen and oxygen atoms in total. The maximum absolute atomic E-state index is 9.18. The lowest BCUT2D eigenvalue weighted by Gasteiger charge is -2.19. The molecule has 3 aliphatic rings. The van der Waals surface area contributed by atoms with Crippen LogP contribution < -0.4 is 10.8 Å². The van der Waals surface area contributed by atoms with Crippen LogP contribution in [0.15, 0.2) is 12.1 Å². The van der Waals surface area contributed by atoms with E-state index in [-0.39, 0.29) is 5.54 Å². The third kappa shape index (κ3) is 1.09. The normalized spacial score (nSPS) is 32.3. The first kappa shape index (κ1) is 8.96. The molecule has 0 saturated heterocycles. The van der Waals surface area contributed by atoms with Crippen LogP contribution in [0.4, 0.5) is 5.69 Å². The number of nitrogens with zero attached hydrogens (tertiary/aromatic N) is 1. The predicted octanol–water partition coefficient (Wildman–Crippen LogP) is 1.58. The molecule has 0 spiro atoms. The van der Waals surface area contributed by atoms with E-state index in [2.05, 4.69) is 16.9 Å². The minimum atomic E-state index is -0.239. The Morgan fingerprint density at radius 1 is 1.44 bits per heavy atom. The third-order valence-electron chi connectivity index (χ3n) is 4.21. The number of rotatable bonds is 2. The first-order chi connectivity index (χ1) is 7.82. The summed E-state index contributed by atoms with van der Waals surface area (Å²) in [6, 6.07) is 4.15. The van der Waals surface area contributed by atoms with Gasteiger partial charge in [-0.15, -0.1) is 0 Å². The Labute approximate surface area is 94.0 Å². The number of anilines is 1. The minimum absolute atomic E-state index is 0.239. The summed E-state index contributed by atoms with van der Waals surface area (Å²) in [6.07, 6.45) is 3.24. The molecule has 2 atom stereocenters. The standard InChI is InChI=1S/C12H15N3O/c16-15-12(3-4-12)10-2-1-9-11(14-10)8-5-7(8)6-13-9/h1-2,7-8,13,15-16H,3-6H2. The third-order valence-corrected chi connectivity index (χ3v) is 4.21. The van der Waals surface area contributed by atoms with Gasteiger partial charge in [-0.2, -0.15) is 5.48 Å². The number of nitrogens with one attached hydrogen (secondary N) is 2. The fourth-order valence-electron chi connectivity index (χ4n) is 2.77. The van der Waals surface area contributed by atoms with Gasteiger partial charge in [0.25, 0.3) is 0 Å². The summed E-state index contributed by atoms with van der Waals surface area (Å²) in [5.41, 5.74) is 5.59. The molecule has 1 aromatic heterocycles. The van der Waals surface area contributed by atoms with Gasteiger partial charge >= 0.3 is 0 Å². The van der Waals surface area contributed by atoms with Crippen molar-refractivity contribution in [3.63, 3.8) is 0 Å². The second-order valence-corrected chi connectivity index (χ2v) is 5.31. The largest absolute Gasteiger partial charge is 0.383 e. The predicted molar refractivity (Wildman–Crippen MR) is 59.4 cm³/mol. The highest BCUT2D eigenvalue weighted by Crippen LogP contribution is 2.53. The van der Waals surface area contributed by atoms with Crippen molar-refractivity contribution in [3.8, 4) is 0 Å². The molecule has 0 bridgehead atoms. The summed E-state index contributed by atoms with van der Waals surface area (Å²) in [4.78, 5) is 4.76. The molecule has 16 heavy (non-hydrogen) atoms. The molecule has 2 heterocycles. The van der Waals surface area contributed by atoms with E-state index in [1.807, 2.05) is 6.07 Å². The molecule has 3 N–H and O–H groups in total. The fraction of sp³-hybridized carbons (Fsp3) is 0.583. The molecule has 2 fully saturated rings. The maximum Gasteiger partial charge on any atom is 0.0850 e. The Kier molecular flexibility index (Phi) is 1.54. The Hall–Kier alpha value is -1.13. The van der Waals surface area contributed by atoms with Crippen LogP contribution >= 0.6 is 0 Å². The SMILES string of the molecule is ONC1(c2ccc3c(n2)C2CC2CN3)CC1. The number of hydroxylamine groups is 1. The second kappa shape index (κ2) is 2.76. The average molecular weight is 217 g/mol. The molecule has 1 aliphatic heterocycles. The molecule has 0 aromatic carbocycles. The Bertz CT molecular complexity index is 456. The first-order valence-electron chi connectivity index (χ1n) is 5.99. The smallest absolute Gasteiger partial charge is 0.0850 e. The Balaban J connectivity index is 1.78. The highest BCUT2D eigenvalue weighted by atomic mass is 16.5. The van der Waals surface area contributed by atoms with E-state index in [1.54, 1.807) is 0 Å². The van der Waals surface area contributed by atoms with Crippen LogP contribution in [-0.4, -0.2) is 16.7 Å². The summed E-state index contributed by atoms with van der Waals surface area (Å²) in [5, 5.41) is 12.6. The number of hydrogen-bond donors (Lipinski definition) is 3. The lowest BCUT2D eigenvalue weighted by molar-refractivity contribution is 0.112. The number of hydrogen-bond acceptors (Lipinski definition) is 4. The van der Waals surface area contributed by atoms with E-state index >= 15 is 0 Å². The van der Waals surface area contributed by atoms with Gasteiger partial charge in [0.1, 0.15) is 0 Å². The zero-order valence-corrected chi connectivity index (χ0v) is 9.03. The van der Waals surface area contributed by atoms with Gasteiger partial charge in [-0.25, -0.2) is 0 Å². The summed E-state index contributed by atoms with van der Waals surface area (Å²) in [6.45, 7) is 1.10. The number of aromatic nitrogens is 1. The molecule has 2 aliphatic carbocycles. The van der Waals surface area contributed by atoms with Crippen molar-refractivity contribution in [1.29, 1.82) is 0 Å². The van der Waals surface area contributed by atoms with E-state index in [0.717, 1.165) is 31.0 Å². The van der Waals surface area contributed by atoms with Crippen LogP contribution in [0.1, 0.15) is 36.6 Å². The Morgan fingerprint density at radius 3 is 3.06 bits per heavy atom. The van der Waals surface area contributed by atoms with Crippen molar-refractivity contribution in [2.75, 3.05) is 11.9 Å². The topological polar surface area (TPSA) is 57.2 Å². The fourth-order valence-corrected chi connectivity index (χ4v) is 2.77. The van der Waals surface area contributed by atoms with Gasteiger partial charge in [-0.1, -0.05) is 0 Å². The molecule has 4 rings (SSSR count). The molecule has 0 radical (unpaired) electrons. The first-order valence-corrected chi connectivity index (χ1v) is 5.99. The van der Waals surface area contributed by atoms with Crippen molar-refractivity contribution >= 4 is 5.69 Å². The van der Waals surface area contributed by atoms with Gasteiger partial charge in [-0.05, 0) is 37.3 Å². The van der Waals surface area contributed by atoms with Crippen LogP contribution in [0.25, 0.3) is 0 Å². The van der Waals surface area contributed by atoms with Crippen LogP contribution in [0.2, 0.25) is 0 Å². The van der Waals surface area contributed by atoms with Gasteiger partial charge < -0.3 is 10.5 Å². The van der Waals surface area contributed by atoms with Crippen LogP contribution in [0.3, 0.4) is 0 Å². The van der Waals surface area contributed by atoms with Crippen LogP contribution in [0, 0.1) is 5.92 Å². The van der Waals surface area contributed by atoms with Crippen molar-refractivity contribution in [2.24, 2.45) is 5.92 Å². The van der Waals surface area contributed by atoms with E-state index in [9.17, 15) is 5.21 Å². The maximum atomic E-state index is 9.18. The lowest BCUT2D eigenvalue weighted by atomic mass is 10.1. The van der Waals surface area contributed by atoms with E-state index < -0.39 is 0 Å². The minimum Gasteiger partial charge on any atom is -0.383 e. The lowest BCUT2D eigenvalue weighted by Crippen LogP contribution is -2.27.